The minimum Gasteiger partial charge on any atom is -0.495 e. The number of ether oxygens (including phenoxy) is 2. The number of nitrogens with one attached hydrogen (secondary N) is 3. The minimum absolute atomic E-state index is 0.00547. The molecule has 2 aromatic rings. The monoisotopic (exact) mass is 377 g/mol. The average Bonchev–Trinajstić information content (AvgIpc) is 2.60. The zero-order valence-corrected chi connectivity index (χ0v) is 15.4. The summed E-state index contributed by atoms with van der Waals surface area (Å²) in [5.74, 6) is 0.523. The van der Waals surface area contributed by atoms with Crippen LogP contribution in [0.25, 0.3) is 0 Å². The SMILES string of the molecule is COc1cc(NCC(=O)Nc2cccc(NC(C)=O)c2)c(OC)cc1Cl. The van der Waals surface area contributed by atoms with E-state index in [9.17, 15) is 9.59 Å². The van der Waals surface area contributed by atoms with Gasteiger partial charge in [-0.15, -0.1) is 0 Å². The van der Waals surface area contributed by atoms with Crippen LogP contribution in [0.15, 0.2) is 36.4 Å². The van der Waals surface area contributed by atoms with Crippen molar-refractivity contribution in [2.75, 3.05) is 36.7 Å². The molecule has 0 aliphatic rings. The Balaban J connectivity index is 2.02. The lowest BCUT2D eigenvalue weighted by atomic mass is 10.2. The molecule has 3 N–H and O–H groups in total. The van der Waals surface area contributed by atoms with Crippen molar-refractivity contribution in [1.29, 1.82) is 0 Å². The summed E-state index contributed by atoms with van der Waals surface area (Å²) in [7, 11) is 3.02. The zero-order chi connectivity index (χ0) is 19.1. The molecule has 7 nitrogen and oxygen atoms in total. The first kappa shape index (κ1) is 19.4. The smallest absolute Gasteiger partial charge is 0.243 e. The second kappa shape index (κ2) is 8.96. The lowest BCUT2D eigenvalue weighted by Gasteiger charge is -2.14. The van der Waals surface area contributed by atoms with E-state index in [1.807, 2.05) is 0 Å². The van der Waals surface area contributed by atoms with E-state index in [-0.39, 0.29) is 18.4 Å². The molecule has 0 unspecified atom stereocenters. The molecule has 0 aromatic heterocycles. The van der Waals surface area contributed by atoms with Crippen LogP contribution in [0.1, 0.15) is 6.92 Å². The van der Waals surface area contributed by atoms with E-state index in [0.29, 0.717) is 33.6 Å². The molecular weight excluding hydrogens is 358 g/mol. The molecule has 0 fully saturated rings. The number of methoxy groups -OCH3 is 2. The van der Waals surface area contributed by atoms with Gasteiger partial charge in [-0.25, -0.2) is 0 Å². The molecule has 2 aromatic carbocycles. The van der Waals surface area contributed by atoms with Gasteiger partial charge in [0.25, 0.3) is 0 Å². The summed E-state index contributed by atoms with van der Waals surface area (Å²) in [6.07, 6.45) is 0. The van der Waals surface area contributed by atoms with E-state index in [2.05, 4.69) is 16.0 Å². The first-order valence-corrected chi connectivity index (χ1v) is 8.13. The molecule has 0 spiro atoms. The first-order chi connectivity index (χ1) is 12.4. The molecule has 0 saturated carbocycles. The van der Waals surface area contributed by atoms with Gasteiger partial charge in [0.05, 0.1) is 31.5 Å². The summed E-state index contributed by atoms with van der Waals surface area (Å²) in [4.78, 5) is 23.3. The van der Waals surface area contributed by atoms with Gasteiger partial charge in [-0.1, -0.05) is 17.7 Å². The van der Waals surface area contributed by atoms with Gasteiger partial charge in [0.1, 0.15) is 11.5 Å². The van der Waals surface area contributed by atoms with Crippen molar-refractivity contribution >= 4 is 40.5 Å². The van der Waals surface area contributed by atoms with E-state index in [0.717, 1.165) is 0 Å². The van der Waals surface area contributed by atoms with Gasteiger partial charge in [-0.05, 0) is 18.2 Å². The number of amides is 2. The Morgan fingerprint density at radius 1 is 1.00 bits per heavy atom. The van der Waals surface area contributed by atoms with Gasteiger partial charge in [0, 0.05) is 30.4 Å². The van der Waals surface area contributed by atoms with Crippen molar-refractivity contribution in [2.45, 2.75) is 6.92 Å². The predicted molar refractivity (Wildman–Crippen MR) is 102 cm³/mol. The molecule has 0 atom stereocenters. The average molecular weight is 378 g/mol. The van der Waals surface area contributed by atoms with Crippen LogP contribution < -0.4 is 25.4 Å². The van der Waals surface area contributed by atoms with Crippen LogP contribution in [0.3, 0.4) is 0 Å². The van der Waals surface area contributed by atoms with Crippen molar-refractivity contribution in [1.82, 2.24) is 0 Å². The fraction of sp³-hybridized carbons (Fsp3) is 0.222. The standard InChI is InChI=1S/C18H20ClN3O4/c1-11(23)21-12-5-4-6-13(7-12)22-18(24)10-20-15-9-16(25-2)14(19)8-17(15)26-3/h4-9,20H,10H2,1-3H3,(H,21,23)(H,22,24). The molecule has 0 aliphatic carbocycles. The summed E-state index contributed by atoms with van der Waals surface area (Å²) in [5.41, 5.74) is 1.76. The molecule has 2 amide bonds. The third-order valence-corrected chi connectivity index (χ3v) is 3.68. The second-order valence-corrected chi connectivity index (χ2v) is 5.76. The first-order valence-electron chi connectivity index (χ1n) is 7.76. The van der Waals surface area contributed by atoms with Gasteiger partial charge in [-0.3, -0.25) is 9.59 Å². The Hall–Kier alpha value is -2.93. The number of rotatable bonds is 7. The van der Waals surface area contributed by atoms with E-state index in [1.54, 1.807) is 36.4 Å². The number of halogens is 1. The summed E-state index contributed by atoms with van der Waals surface area (Å²) < 4.78 is 10.4. The summed E-state index contributed by atoms with van der Waals surface area (Å²) in [6.45, 7) is 1.43. The molecule has 26 heavy (non-hydrogen) atoms. The quantitative estimate of drug-likeness (QED) is 0.688. The van der Waals surface area contributed by atoms with Crippen molar-refractivity contribution in [2.24, 2.45) is 0 Å². The summed E-state index contributed by atoms with van der Waals surface area (Å²) in [5, 5.41) is 8.81. The molecule has 0 radical (unpaired) electrons. The number of carbonyl (C=O) groups is 2. The highest BCUT2D eigenvalue weighted by atomic mass is 35.5. The fourth-order valence-corrected chi connectivity index (χ4v) is 2.49. The van der Waals surface area contributed by atoms with E-state index in [1.165, 1.54) is 21.1 Å². The van der Waals surface area contributed by atoms with Crippen LogP contribution in [0.4, 0.5) is 17.1 Å². The van der Waals surface area contributed by atoms with Gasteiger partial charge >= 0.3 is 0 Å². The maximum atomic E-state index is 12.2. The van der Waals surface area contributed by atoms with E-state index < -0.39 is 0 Å². The second-order valence-electron chi connectivity index (χ2n) is 5.35. The van der Waals surface area contributed by atoms with Crippen LogP contribution in [0.2, 0.25) is 5.02 Å². The van der Waals surface area contributed by atoms with Crippen molar-refractivity contribution in [3.8, 4) is 11.5 Å². The highest BCUT2D eigenvalue weighted by Crippen LogP contribution is 2.35. The van der Waals surface area contributed by atoms with Gasteiger partial charge in [-0.2, -0.15) is 0 Å². The Morgan fingerprint density at radius 3 is 2.27 bits per heavy atom. The topological polar surface area (TPSA) is 88.7 Å². The molecular formula is C18H20ClN3O4. The molecule has 0 aliphatic heterocycles. The molecule has 138 valence electrons. The third-order valence-electron chi connectivity index (χ3n) is 3.38. The van der Waals surface area contributed by atoms with Crippen molar-refractivity contribution < 1.29 is 19.1 Å². The molecule has 0 heterocycles. The number of hydrogen-bond donors (Lipinski definition) is 3. The Labute approximate surface area is 156 Å². The van der Waals surface area contributed by atoms with Crippen LogP contribution >= 0.6 is 11.6 Å². The molecule has 2 rings (SSSR count). The maximum Gasteiger partial charge on any atom is 0.243 e. The Bertz CT molecular complexity index is 811. The lowest BCUT2D eigenvalue weighted by Crippen LogP contribution is -2.22. The number of carbonyl (C=O) groups excluding carboxylic acids is 2. The normalized spacial score (nSPS) is 10.0. The molecule has 8 heteroatoms. The highest BCUT2D eigenvalue weighted by Gasteiger charge is 2.11. The fourth-order valence-electron chi connectivity index (χ4n) is 2.26. The number of benzene rings is 2. The van der Waals surface area contributed by atoms with Gasteiger partial charge in [0.2, 0.25) is 11.8 Å². The number of anilines is 3. The minimum atomic E-state index is -0.263. The van der Waals surface area contributed by atoms with E-state index >= 15 is 0 Å². The third kappa shape index (κ3) is 5.29. The molecule has 0 bridgehead atoms. The maximum absolute atomic E-state index is 12.2. The van der Waals surface area contributed by atoms with Crippen LogP contribution in [-0.4, -0.2) is 32.6 Å². The zero-order valence-electron chi connectivity index (χ0n) is 14.7. The largest absolute Gasteiger partial charge is 0.495 e. The molecule has 0 saturated heterocycles. The van der Waals surface area contributed by atoms with Crippen molar-refractivity contribution in [3.63, 3.8) is 0 Å². The highest BCUT2D eigenvalue weighted by molar-refractivity contribution is 6.32. The summed E-state index contributed by atoms with van der Waals surface area (Å²) >= 11 is 6.06. The van der Waals surface area contributed by atoms with Crippen molar-refractivity contribution in [3.05, 3.63) is 41.4 Å². The predicted octanol–water partition coefficient (Wildman–Crippen LogP) is 3.37. The van der Waals surface area contributed by atoms with Crippen LogP contribution in [0, 0.1) is 0 Å². The van der Waals surface area contributed by atoms with Crippen LogP contribution in [0.5, 0.6) is 11.5 Å². The van der Waals surface area contributed by atoms with Gasteiger partial charge < -0.3 is 25.4 Å². The summed E-state index contributed by atoms with van der Waals surface area (Å²) in [6, 6.07) is 10.1. The van der Waals surface area contributed by atoms with Gasteiger partial charge in [0.15, 0.2) is 0 Å². The number of hydrogen-bond acceptors (Lipinski definition) is 5. The Morgan fingerprint density at radius 2 is 1.65 bits per heavy atom. The van der Waals surface area contributed by atoms with Crippen LogP contribution in [-0.2, 0) is 9.59 Å². The van der Waals surface area contributed by atoms with E-state index in [4.69, 9.17) is 21.1 Å². The lowest BCUT2D eigenvalue weighted by molar-refractivity contribution is -0.115. The Kier molecular flexibility index (Phi) is 6.68.